The molecule has 14 heavy (non-hydrogen) atoms. The Morgan fingerprint density at radius 3 is 2.21 bits per heavy atom. The lowest BCUT2D eigenvalue weighted by atomic mass is 9.81. The summed E-state index contributed by atoms with van der Waals surface area (Å²) in [4.78, 5) is 22.2. The topological polar surface area (TPSA) is 89.6 Å². The molecule has 0 heterocycles. The number of hydrogen-bond acceptors (Lipinski definition) is 4. The fraction of sp³-hybridized carbons (Fsp3) is 0.778. The van der Waals surface area contributed by atoms with Gasteiger partial charge in [0.15, 0.2) is 0 Å². The number of methoxy groups -OCH3 is 1. The van der Waals surface area contributed by atoms with Crippen LogP contribution in [0.3, 0.4) is 0 Å². The van der Waals surface area contributed by atoms with Gasteiger partial charge in [-0.05, 0) is 12.8 Å². The third kappa shape index (κ3) is 2.23. The molecule has 2 atom stereocenters. The smallest absolute Gasteiger partial charge is 0.326 e. The van der Waals surface area contributed by atoms with E-state index in [4.69, 9.17) is 10.8 Å². The first-order valence-corrected chi connectivity index (χ1v) is 4.54. The van der Waals surface area contributed by atoms with Crippen LogP contribution in [-0.4, -0.2) is 29.7 Å². The van der Waals surface area contributed by atoms with Crippen molar-refractivity contribution in [3.8, 4) is 0 Å². The fourth-order valence-corrected chi connectivity index (χ4v) is 1.48. The molecule has 5 heteroatoms. The van der Waals surface area contributed by atoms with Crippen LogP contribution in [0.5, 0.6) is 0 Å². The van der Waals surface area contributed by atoms with Gasteiger partial charge in [0.25, 0.3) is 0 Å². The van der Waals surface area contributed by atoms with Crippen LogP contribution in [0, 0.1) is 5.92 Å². The number of carboxylic acids is 1. The van der Waals surface area contributed by atoms with Crippen LogP contribution < -0.4 is 5.73 Å². The average molecular weight is 203 g/mol. The van der Waals surface area contributed by atoms with Crippen LogP contribution >= 0.6 is 0 Å². The highest BCUT2D eigenvalue weighted by Crippen LogP contribution is 2.23. The highest BCUT2D eigenvalue weighted by atomic mass is 16.5. The lowest BCUT2D eigenvalue weighted by molar-refractivity contribution is -0.158. The molecule has 0 bridgehead atoms. The number of rotatable bonds is 5. The summed E-state index contributed by atoms with van der Waals surface area (Å²) >= 11 is 0. The number of carboxylic acid groups (broad SMARTS) is 1. The summed E-state index contributed by atoms with van der Waals surface area (Å²) in [6, 6.07) is 0. The highest BCUT2D eigenvalue weighted by molar-refractivity contribution is 5.87. The molecule has 0 spiro atoms. The van der Waals surface area contributed by atoms with Crippen molar-refractivity contribution in [2.45, 2.75) is 32.2 Å². The SMILES string of the molecule is CCC(C(=O)O)C(N)(CC)C(=O)OC. The van der Waals surface area contributed by atoms with Crippen LogP contribution in [-0.2, 0) is 14.3 Å². The molecule has 2 unspecified atom stereocenters. The second kappa shape index (κ2) is 4.95. The molecule has 0 rings (SSSR count). The number of hydrogen-bond donors (Lipinski definition) is 2. The van der Waals surface area contributed by atoms with Crippen molar-refractivity contribution in [1.82, 2.24) is 0 Å². The van der Waals surface area contributed by atoms with E-state index in [1.165, 1.54) is 7.11 Å². The van der Waals surface area contributed by atoms with Crippen LogP contribution in [0.15, 0.2) is 0 Å². The van der Waals surface area contributed by atoms with E-state index in [2.05, 4.69) is 4.74 Å². The summed E-state index contributed by atoms with van der Waals surface area (Å²) in [7, 11) is 1.20. The van der Waals surface area contributed by atoms with Gasteiger partial charge in [-0.25, -0.2) is 0 Å². The minimum Gasteiger partial charge on any atom is -0.481 e. The normalized spacial score (nSPS) is 16.9. The van der Waals surface area contributed by atoms with Crippen LogP contribution in [0.2, 0.25) is 0 Å². The molecular weight excluding hydrogens is 186 g/mol. The Bertz CT molecular complexity index is 229. The third-order valence-corrected chi connectivity index (χ3v) is 2.48. The first-order valence-electron chi connectivity index (χ1n) is 4.54. The number of carbonyl (C=O) groups is 2. The number of ether oxygens (including phenoxy) is 1. The Labute approximate surface area is 83.2 Å². The van der Waals surface area contributed by atoms with Crippen molar-refractivity contribution in [1.29, 1.82) is 0 Å². The van der Waals surface area contributed by atoms with Gasteiger partial charge in [-0.1, -0.05) is 13.8 Å². The quantitative estimate of drug-likeness (QED) is 0.630. The third-order valence-electron chi connectivity index (χ3n) is 2.48. The maximum absolute atomic E-state index is 11.4. The van der Waals surface area contributed by atoms with Crippen molar-refractivity contribution in [2.24, 2.45) is 11.7 Å². The molecule has 0 fully saturated rings. The van der Waals surface area contributed by atoms with E-state index in [1.54, 1.807) is 13.8 Å². The van der Waals surface area contributed by atoms with Gasteiger partial charge in [-0.2, -0.15) is 0 Å². The lowest BCUT2D eigenvalue weighted by Crippen LogP contribution is -2.56. The van der Waals surface area contributed by atoms with E-state index < -0.39 is 23.4 Å². The minimum atomic E-state index is -1.42. The first-order chi connectivity index (χ1) is 6.43. The highest BCUT2D eigenvalue weighted by Gasteiger charge is 2.44. The predicted octanol–water partition coefficient (Wildman–Crippen LogP) is 0.378. The standard InChI is InChI=1S/C9H17NO4/c1-4-6(7(11)12)9(10,5-2)8(13)14-3/h6H,4-5,10H2,1-3H3,(H,11,12). The van der Waals surface area contributed by atoms with Crippen molar-refractivity contribution in [3.05, 3.63) is 0 Å². The molecule has 0 radical (unpaired) electrons. The summed E-state index contributed by atoms with van der Waals surface area (Å²) < 4.78 is 4.51. The fourth-order valence-electron chi connectivity index (χ4n) is 1.48. The van der Waals surface area contributed by atoms with E-state index >= 15 is 0 Å². The zero-order valence-electron chi connectivity index (χ0n) is 8.74. The van der Waals surface area contributed by atoms with Crippen molar-refractivity contribution < 1.29 is 19.4 Å². The van der Waals surface area contributed by atoms with Gasteiger partial charge >= 0.3 is 11.9 Å². The van der Waals surface area contributed by atoms with Crippen LogP contribution in [0.4, 0.5) is 0 Å². The van der Waals surface area contributed by atoms with Crippen LogP contribution in [0.25, 0.3) is 0 Å². The Balaban J connectivity index is 4.99. The second-order valence-electron chi connectivity index (χ2n) is 3.18. The molecular formula is C9H17NO4. The number of aliphatic carboxylic acids is 1. The summed E-state index contributed by atoms with van der Waals surface area (Å²) in [6.45, 7) is 3.35. The molecule has 82 valence electrons. The molecule has 5 nitrogen and oxygen atoms in total. The molecule has 0 aliphatic rings. The van der Waals surface area contributed by atoms with Crippen molar-refractivity contribution in [2.75, 3.05) is 7.11 Å². The molecule has 0 aromatic rings. The van der Waals surface area contributed by atoms with E-state index in [0.29, 0.717) is 6.42 Å². The molecule has 0 aliphatic carbocycles. The average Bonchev–Trinajstić information content (AvgIpc) is 2.16. The van der Waals surface area contributed by atoms with Gasteiger partial charge in [0, 0.05) is 0 Å². The van der Waals surface area contributed by atoms with Gasteiger partial charge in [0.2, 0.25) is 0 Å². The summed E-state index contributed by atoms with van der Waals surface area (Å²) in [5, 5.41) is 8.90. The van der Waals surface area contributed by atoms with E-state index in [0.717, 1.165) is 0 Å². The minimum absolute atomic E-state index is 0.241. The molecule has 0 aromatic heterocycles. The zero-order chi connectivity index (χ0) is 11.4. The summed E-state index contributed by atoms with van der Waals surface area (Å²) in [6.07, 6.45) is 0.541. The predicted molar refractivity (Wildman–Crippen MR) is 50.6 cm³/mol. The van der Waals surface area contributed by atoms with Gasteiger partial charge in [-0.3, -0.25) is 9.59 Å². The Hall–Kier alpha value is -1.10. The van der Waals surface area contributed by atoms with Gasteiger partial charge in [0.1, 0.15) is 5.54 Å². The monoisotopic (exact) mass is 203 g/mol. The van der Waals surface area contributed by atoms with E-state index in [9.17, 15) is 9.59 Å². The van der Waals surface area contributed by atoms with Gasteiger partial charge in [0.05, 0.1) is 13.0 Å². The Kier molecular flexibility index (Phi) is 4.56. The van der Waals surface area contributed by atoms with Gasteiger partial charge < -0.3 is 15.6 Å². The molecule has 0 saturated heterocycles. The van der Waals surface area contributed by atoms with Crippen molar-refractivity contribution in [3.63, 3.8) is 0 Å². The number of esters is 1. The molecule has 3 N–H and O–H groups in total. The lowest BCUT2D eigenvalue weighted by Gasteiger charge is -2.30. The molecule has 0 amide bonds. The maximum atomic E-state index is 11.4. The van der Waals surface area contributed by atoms with Crippen LogP contribution in [0.1, 0.15) is 26.7 Å². The molecule has 0 aliphatic heterocycles. The maximum Gasteiger partial charge on any atom is 0.326 e. The molecule has 0 aromatic carbocycles. The zero-order valence-corrected chi connectivity index (χ0v) is 8.74. The van der Waals surface area contributed by atoms with Gasteiger partial charge in [-0.15, -0.1) is 0 Å². The Morgan fingerprint density at radius 2 is 2.00 bits per heavy atom. The Morgan fingerprint density at radius 1 is 1.50 bits per heavy atom. The van der Waals surface area contributed by atoms with E-state index in [-0.39, 0.29) is 6.42 Å². The summed E-state index contributed by atoms with van der Waals surface area (Å²) in [5.74, 6) is -2.64. The number of nitrogens with two attached hydrogens (primary N) is 1. The largest absolute Gasteiger partial charge is 0.481 e. The van der Waals surface area contributed by atoms with Crippen molar-refractivity contribution >= 4 is 11.9 Å². The summed E-state index contributed by atoms with van der Waals surface area (Å²) in [5.41, 5.74) is 4.33. The number of carbonyl (C=O) groups excluding carboxylic acids is 1. The second-order valence-corrected chi connectivity index (χ2v) is 3.18. The molecule has 0 saturated carbocycles. The van der Waals surface area contributed by atoms with E-state index in [1.807, 2.05) is 0 Å². The first kappa shape index (κ1) is 12.9.